The topological polar surface area (TPSA) is 64.9 Å². The van der Waals surface area contributed by atoms with E-state index in [2.05, 4.69) is 26.6 Å². The first-order chi connectivity index (χ1) is 11.6. The van der Waals surface area contributed by atoms with Gasteiger partial charge in [-0.15, -0.1) is 0 Å². The van der Waals surface area contributed by atoms with Crippen LogP contribution in [0.25, 0.3) is 0 Å². The molecule has 1 amide bonds. The van der Waals surface area contributed by atoms with E-state index < -0.39 is 5.91 Å². The molecule has 6 heteroatoms. The molecule has 2 N–H and O–H groups in total. The molecule has 0 aliphatic heterocycles. The van der Waals surface area contributed by atoms with E-state index in [1.165, 1.54) is 6.20 Å². The van der Waals surface area contributed by atoms with Crippen LogP contribution in [-0.4, -0.2) is 12.5 Å². The lowest BCUT2D eigenvalue weighted by atomic mass is 10.1. The summed E-state index contributed by atoms with van der Waals surface area (Å²) < 4.78 is 1.03. The highest BCUT2D eigenvalue weighted by Gasteiger charge is 2.10. The third-order valence-electron chi connectivity index (χ3n) is 3.23. The Morgan fingerprint density at radius 1 is 1.21 bits per heavy atom. The van der Waals surface area contributed by atoms with Gasteiger partial charge in [-0.05, 0) is 30.2 Å². The lowest BCUT2D eigenvalue weighted by molar-refractivity contribution is -0.112. The summed E-state index contributed by atoms with van der Waals surface area (Å²) in [5, 5.41) is 15.2. The standard InChI is InChI=1S/C18H15BrClN3O/c19-15-6-2-1-5-13(15)9-10-22-12-14(11-21)18(24)23-17-8-4-3-7-16(17)20/h1-8,12,22H,9-10H2,(H,23,24)/b14-12-. The minimum Gasteiger partial charge on any atom is -0.389 e. The number of carbonyl (C=O) groups is 1. The van der Waals surface area contributed by atoms with Gasteiger partial charge in [-0.25, -0.2) is 0 Å². The van der Waals surface area contributed by atoms with Gasteiger partial charge in [0.25, 0.3) is 5.91 Å². The Bertz CT molecular complexity index is 799. The zero-order chi connectivity index (χ0) is 17.4. The predicted octanol–water partition coefficient (Wildman–Crippen LogP) is 4.28. The number of nitrogens with one attached hydrogen (secondary N) is 2. The van der Waals surface area contributed by atoms with Crippen LogP contribution >= 0.6 is 27.5 Å². The van der Waals surface area contributed by atoms with Crippen molar-refractivity contribution in [1.29, 1.82) is 5.26 Å². The summed E-state index contributed by atoms with van der Waals surface area (Å²) in [6.45, 7) is 0.604. The van der Waals surface area contributed by atoms with Gasteiger partial charge in [0.15, 0.2) is 0 Å². The molecule has 2 aromatic carbocycles. The summed E-state index contributed by atoms with van der Waals surface area (Å²) in [5.41, 5.74) is 1.61. The number of nitrogens with zero attached hydrogens (tertiary/aromatic N) is 1. The molecular formula is C18H15BrClN3O. The summed E-state index contributed by atoms with van der Waals surface area (Å²) in [6, 6.07) is 16.7. The summed E-state index contributed by atoms with van der Waals surface area (Å²) in [4.78, 5) is 12.1. The second-order valence-electron chi connectivity index (χ2n) is 4.90. The summed E-state index contributed by atoms with van der Waals surface area (Å²) in [5.74, 6) is -0.501. The number of amides is 1. The Kier molecular flexibility index (Phi) is 6.86. The average molecular weight is 405 g/mol. The predicted molar refractivity (Wildman–Crippen MR) is 99.6 cm³/mol. The van der Waals surface area contributed by atoms with Gasteiger partial charge in [0.2, 0.25) is 0 Å². The fourth-order valence-electron chi connectivity index (χ4n) is 1.98. The SMILES string of the molecule is N#C/C(=C/NCCc1ccccc1Br)C(=O)Nc1ccccc1Cl. The quantitative estimate of drug-likeness (QED) is 0.429. The zero-order valence-corrected chi connectivity index (χ0v) is 15.1. The number of rotatable bonds is 6. The first-order valence-electron chi connectivity index (χ1n) is 7.24. The number of carbonyl (C=O) groups excluding carboxylic acids is 1. The molecule has 0 bridgehead atoms. The van der Waals surface area contributed by atoms with Gasteiger partial charge >= 0.3 is 0 Å². The Balaban J connectivity index is 1.92. The second kappa shape index (κ2) is 9.11. The molecule has 0 aliphatic carbocycles. The van der Waals surface area contributed by atoms with Crippen LogP contribution in [0.2, 0.25) is 5.02 Å². The van der Waals surface area contributed by atoms with Crippen molar-refractivity contribution in [3.63, 3.8) is 0 Å². The van der Waals surface area contributed by atoms with E-state index in [-0.39, 0.29) is 5.57 Å². The van der Waals surface area contributed by atoms with Crippen molar-refractivity contribution in [2.45, 2.75) is 6.42 Å². The molecule has 2 rings (SSSR count). The minimum atomic E-state index is -0.501. The highest BCUT2D eigenvalue weighted by atomic mass is 79.9. The average Bonchev–Trinajstić information content (AvgIpc) is 2.58. The number of anilines is 1. The van der Waals surface area contributed by atoms with Crippen molar-refractivity contribution in [3.05, 3.63) is 75.4 Å². The maximum absolute atomic E-state index is 12.1. The van der Waals surface area contributed by atoms with Crippen molar-refractivity contribution in [2.75, 3.05) is 11.9 Å². The van der Waals surface area contributed by atoms with Crippen molar-refractivity contribution >= 4 is 39.1 Å². The van der Waals surface area contributed by atoms with Crippen molar-refractivity contribution in [3.8, 4) is 6.07 Å². The van der Waals surface area contributed by atoms with Crippen LogP contribution in [-0.2, 0) is 11.2 Å². The highest BCUT2D eigenvalue weighted by Crippen LogP contribution is 2.20. The number of hydrogen-bond acceptors (Lipinski definition) is 3. The number of halogens is 2. The molecular weight excluding hydrogens is 390 g/mol. The van der Waals surface area contributed by atoms with Gasteiger partial charge in [0, 0.05) is 17.2 Å². The monoisotopic (exact) mass is 403 g/mol. The first-order valence-corrected chi connectivity index (χ1v) is 8.42. The molecule has 0 atom stereocenters. The van der Waals surface area contributed by atoms with E-state index in [9.17, 15) is 4.79 Å². The van der Waals surface area contributed by atoms with Crippen LogP contribution in [0.5, 0.6) is 0 Å². The Morgan fingerprint density at radius 3 is 2.62 bits per heavy atom. The number of benzene rings is 2. The molecule has 0 heterocycles. The fraction of sp³-hybridized carbons (Fsp3) is 0.111. The summed E-state index contributed by atoms with van der Waals surface area (Å²) in [7, 11) is 0. The van der Waals surface area contributed by atoms with E-state index in [1.807, 2.05) is 30.3 Å². The Labute approximate surface area is 154 Å². The van der Waals surface area contributed by atoms with Crippen LogP contribution in [0.4, 0.5) is 5.69 Å². The molecule has 0 saturated heterocycles. The first kappa shape index (κ1) is 18.1. The normalized spacial score (nSPS) is 10.8. The fourth-order valence-corrected chi connectivity index (χ4v) is 2.65. The summed E-state index contributed by atoms with van der Waals surface area (Å²) in [6.07, 6.45) is 2.19. The molecule has 2 aromatic rings. The number of para-hydroxylation sites is 1. The lowest BCUT2D eigenvalue weighted by Crippen LogP contribution is -2.18. The molecule has 0 aliphatic rings. The minimum absolute atomic E-state index is 0.0120. The van der Waals surface area contributed by atoms with E-state index >= 15 is 0 Å². The highest BCUT2D eigenvalue weighted by molar-refractivity contribution is 9.10. The van der Waals surface area contributed by atoms with Gasteiger partial charge in [-0.3, -0.25) is 4.79 Å². The smallest absolute Gasteiger partial charge is 0.267 e. The van der Waals surface area contributed by atoms with Gasteiger partial charge in [-0.1, -0.05) is 57.9 Å². The van der Waals surface area contributed by atoms with Crippen LogP contribution in [0, 0.1) is 11.3 Å². The van der Waals surface area contributed by atoms with E-state index in [0.717, 1.165) is 16.5 Å². The maximum Gasteiger partial charge on any atom is 0.267 e. The van der Waals surface area contributed by atoms with Crippen molar-refractivity contribution in [2.24, 2.45) is 0 Å². The van der Waals surface area contributed by atoms with Crippen LogP contribution < -0.4 is 10.6 Å². The van der Waals surface area contributed by atoms with Crippen molar-refractivity contribution < 1.29 is 4.79 Å². The van der Waals surface area contributed by atoms with E-state index in [1.54, 1.807) is 24.3 Å². The lowest BCUT2D eigenvalue weighted by Gasteiger charge is -2.07. The van der Waals surface area contributed by atoms with Crippen LogP contribution in [0.15, 0.2) is 64.8 Å². The molecule has 24 heavy (non-hydrogen) atoms. The van der Waals surface area contributed by atoms with Crippen LogP contribution in [0.3, 0.4) is 0 Å². The Morgan fingerprint density at radius 2 is 1.92 bits per heavy atom. The molecule has 0 unspecified atom stereocenters. The van der Waals surface area contributed by atoms with Gasteiger partial charge in [0.05, 0.1) is 10.7 Å². The van der Waals surface area contributed by atoms with Gasteiger partial charge in [0.1, 0.15) is 11.6 Å². The molecule has 4 nitrogen and oxygen atoms in total. The van der Waals surface area contributed by atoms with Crippen LogP contribution in [0.1, 0.15) is 5.56 Å². The molecule has 0 radical (unpaired) electrons. The van der Waals surface area contributed by atoms with Gasteiger partial charge < -0.3 is 10.6 Å². The third-order valence-corrected chi connectivity index (χ3v) is 4.33. The molecule has 0 aromatic heterocycles. The summed E-state index contributed by atoms with van der Waals surface area (Å²) >= 11 is 9.47. The second-order valence-corrected chi connectivity index (χ2v) is 6.16. The maximum atomic E-state index is 12.1. The zero-order valence-electron chi connectivity index (χ0n) is 12.7. The van der Waals surface area contributed by atoms with Gasteiger partial charge in [-0.2, -0.15) is 5.26 Å². The van der Waals surface area contributed by atoms with E-state index in [0.29, 0.717) is 17.3 Å². The molecule has 0 spiro atoms. The molecule has 122 valence electrons. The van der Waals surface area contributed by atoms with Crippen molar-refractivity contribution in [1.82, 2.24) is 5.32 Å². The van der Waals surface area contributed by atoms with E-state index in [4.69, 9.17) is 16.9 Å². The molecule has 0 saturated carbocycles. The number of nitriles is 1. The third kappa shape index (κ3) is 5.12. The Hall–Kier alpha value is -2.29. The number of hydrogen-bond donors (Lipinski definition) is 2. The largest absolute Gasteiger partial charge is 0.389 e. The molecule has 0 fully saturated rings.